The first-order valence-corrected chi connectivity index (χ1v) is 5.81. The Morgan fingerprint density at radius 3 is 2.82 bits per heavy atom. The smallest absolute Gasteiger partial charge is 0.145 e. The van der Waals surface area contributed by atoms with Gasteiger partial charge in [0.1, 0.15) is 11.3 Å². The first-order valence-electron chi connectivity index (χ1n) is 5.81. The molecule has 1 atom stereocenters. The van der Waals surface area contributed by atoms with Crippen molar-refractivity contribution < 1.29 is 4.74 Å². The number of nitrogens with two attached hydrogens (primary N) is 1. The number of methoxy groups -OCH3 is 1. The summed E-state index contributed by atoms with van der Waals surface area (Å²) >= 11 is 0. The number of pyridine rings is 1. The molecule has 2 rings (SSSR count). The fourth-order valence-electron chi connectivity index (χ4n) is 2.07. The molecule has 90 valence electrons. The second-order valence-corrected chi connectivity index (χ2v) is 4.36. The molecule has 17 heavy (non-hydrogen) atoms. The maximum Gasteiger partial charge on any atom is 0.145 e. The standard InChI is InChI=1S/C14H18N2O/c1-9-7-11-5-4-6-12(17-3)14(11)16-13(9)10(2)8-15/h4-7,10H,8,15H2,1-3H3. The van der Waals surface area contributed by atoms with Crippen LogP contribution in [0.25, 0.3) is 10.9 Å². The second kappa shape index (κ2) is 4.72. The lowest BCUT2D eigenvalue weighted by atomic mass is 10.0. The van der Waals surface area contributed by atoms with Gasteiger partial charge in [-0.15, -0.1) is 0 Å². The van der Waals surface area contributed by atoms with E-state index in [1.165, 1.54) is 5.56 Å². The van der Waals surface area contributed by atoms with Crippen LogP contribution in [0.4, 0.5) is 0 Å². The quantitative estimate of drug-likeness (QED) is 0.881. The summed E-state index contributed by atoms with van der Waals surface area (Å²) in [6.07, 6.45) is 0. The largest absolute Gasteiger partial charge is 0.494 e. The predicted octanol–water partition coefficient (Wildman–Crippen LogP) is 2.61. The van der Waals surface area contributed by atoms with E-state index in [1.54, 1.807) is 7.11 Å². The van der Waals surface area contributed by atoms with Crippen molar-refractivity contribution in [3.8, 4) is 5.75 Å². The van der Waals surface area contributed by atoms with Gasteiger partial charge in [-0.05, 0) is 24.6 Å². The minimum Gasteiger partial charge on any atom is -0.494 e. The van der Waals surface area contributed by atoms with E-state index < -0.39 is 0 Å². The molecule has 0 aliphatic carbocycles. The zero-order valence-corrected chi connectivity index (χ0v) is 10.5. The van der Waals surface area contributed by atoms with Crippen molar-refractivity contribution in [2.24, 2.45) is 5.73 Å². The third-order valence-electron chi connectivity index (χ3n) is 3.08. The molecule has 1 aromatic heterocycles. The summed E-state index contributed by atoms with van der Waals surface area (Å²) in [6, 6.07) is 8.11. The van der Waals surface area contributed by atoms with Crippen molar-refractivity contribution in [2.45, 2.75) is 19.8 Å². The molecule has 2 N–H and O–H groups in total. The van der Waals surface area contributed by atoms with E-state index in [0.29, 0.717) is 6.54 Å². The third-order valence-corrected chi connectivity index (χ3v) is 3.08. The highest BCUT2D eigenvalue weighted by Crippen LogP contribution is 2.27. The van der Waals surface area contributed by atoms with E-state index in [2.05, 4.69) is 26.0 Å². The zero-order chi connectivity index (χ0) is 12.4. The van der Waals surface area contributed by atoms with Gasteiger partial charge in [-0.2, -0.15) is 0 Å². The maximum atomic E-state index is 5.72. The van der Waals surface area contributed by atoms with Crippen molar-refractivity contribution >= 4 is 10.9 Å². The molecule has 0 spiro atoms. The number of hydrogen-bond donors (Lipinski definition) is 1. The molecule has 3 heteroatoms. The molecule has 3 nitrogen and oxygen atoms in total. The number of rotatable bonds is 3. The number of benzene rings is 1. The molecule has 1 heterocycles. The predicted molar refractivity (Wildman–Crippen MR) is 70.5 cm³/mol. The Morgan fingerprint density at radius 2 is 2.18 bits per heavy atom. The van der Waals surface area contributed by atoms with Crippen LogP contribution >= 0.6 is 0 Å². The second-order valence-electron chi connectivity index (χ2n) is 4.36. The Hall–Kier alpha value is -1.61. The van der Waals surface area contributed by atoms with Crippen LogP contribution in [0.3, 0.4) is 0 Å². The monoisotopic (exact) mass is 230 g/mol. The average molecular weight is 230 g/mol. The summed E-state index contributed by atoms with van der Waals surface area (Å²) in [5.41, 5.74) is 8.87. The van der Waals surface area contributed by atoms with Crippen LogP contribution in [0.5, 0.6) is 5.75 Å². The van der Waals surface area contributed by atoms with Crippen LogP contribution in [0, 0.1) is 6.92 Å². The first-order chi connectivity index (χ1) is 8.17. The molecule has 0 saturated carbocycles. The summed E-state index contributed by atoms with van der Waals surface area (Å²) < 4.78 is 5.34. The summed E-state index contributed by atoms with van der Waals surface area (Å²) in [5, 5.41) is 1.11. The summed E-state index contributed by atoms with van der Waals surface area (Å²) in [7, 11) is 1.67. The van der Waals surface area contributed by atoms with E-state index in [4.69, 9.17) is 15.5 Å². The van der Waals surface area contributed by atoms with E-state index >= 15 is 0 Å². The van der Waals surface area contributed by atoms with Crippen molar-refractivity contribution in [1.82, 2.24) is 4.98 Å². The number of ether oxygens (including phenoxy) is 1. The Labute approximate surface area is 102 Å². The van der Waals surface area contributed by atoms with Gasteiger partial charge in [0.2, 0.25) is 0 Å². The van der Waals surface area contributed by atoms with Gasteiger partial charge in [0.25, 0.3) is 0 Å². The fourth-order valence-corrected chi connectivity index (χ4v) is 2.07. The summed E-state index contributed by atoms with van der Waals surface area (Å²) in [5.74, 6) is 1.08. The summed E-state index contributed by atoms with van der Waals surface area (Å²) in [6.45, 7) is 4.78. The lowest BCUT2D eigenvalue weighted by molar-refractivity contribution is 0.418. The van der Waals surface area contributed by atoms with Crippen LogP contribution in [0.1, 0.15) is 24.1 Å². The van der Waals surface area contributed by atoms with Gasteiger partial charge in [-0.25, -0.2) is 4.98 Å². The van der Waals surface area contributed by atoms with Crippen molar-refractivity contribution in [1.29, 1.82) is 0 Å². The Kier molecular flexibility index (Phi) is 3.29. The third kappa shape index (κ3) is 2.11. The van der Waals surface area contributed by atoms with E-state index in [9.17, 15) is 0 Å². The number of hydrogen-bond acceptors (Lipinski definition) is 3. The fraction of sp³-hybridized carbons (Fsp3) is 0.357. The Balaban J connectivity index is 2.68. The van der Waals surface area contributed by atoms with Crippen LogP contribution < -0.4 is 10.5 Å². The number of aromatic nitrogens is 1. The van der Waals surface area contributed by atoms with Gasteiger partial charge in [0.05, 0.1) is 7.11 Å². The van der Waals surface area contributed by atoms with Gasteiger partial charge >= 0.3 is 0 Å². The molecular weight excluding hydrogens is 212 g/mol. The molecular formula is C14H18N2O. The zero-order valence-electron chi connectivity index (χ0n) is 10.5. The number of fused-ring (bicyclic) bond motifs is 1. The van der Waals surface area contributed by atoms with Gasteiger partial charge in [0, 0.05) is 23.5 Å². The number of aryl methyl sites for hydroxylation is 1. The van der Waals surface area contributed by atoms with Gasteiger partial charge in [0.15, 0.2) is 0 Å². The Morgan fingerprint density at radius 1 is 1.41 bits per heavy atom. The average Bonchev–Trinajstić information content (AvgIpc) is 2.36. The topological polar surface area (TPSA) is 48.1 Å². The van der Waals surface area contributed by atoms with E-state index in [0.717, 1.165) is 22.3 Å². The first kappa shape index (κ1) is 11.9. The summed E-state index contributed by atoms with van der Waals surface area (Å²) in [4.78, 5) is 4.71. The highest BCUT2D eigenvalue weighted by molar-refractivity contribution is 5.85. The number of nitrogens with zero attached hydrogens (tertiary/aromatic N) is 1. The molecule has 0 amide bonds. The molecule has 0 fully saturated rings. The van der Waals surface area contributed by atoms with Crippen LogP contribution in [0.2, 0.25) is 0 Å². The lowest BCUT2D eigenvalue weighted by Gasteiger charge is -2.14. The SMILES string of the molecule is COc1cccc2cc(C)c(C(C)CN)nc12. The molecule has 0 saturated heterocycles. The van der Waals surface area contributed by atoms with Gasteiger partial charge in [-0.3, -0.25) is 0 Å². The highest BCUT2D eigenvalue weighted by Gasteiger charge is 2.11. The molecule has 0 bridgehead atoms. The van der Waals surface area contributed by atoms with Crippen molar-refractivity contribution in [3.63, 3.8) is 0 Å². The molecule has 2 aromatic rings. The minimum atomic E-state index is 0.268. The highest BCUT2D eigenvalue weighted by atomic mass is 16.5. The molecule has 0 radical (unpaired) electrons. The van der Waals surface area contributed by atoms with E-state index in [1.807, 2.05) is 12.1 Å². The maximum absolute atomic E-state index is 5.72. The van der Waals surface area contributed by atoms with Gasteiger partial charge in [-0.1, -0.05) is 19.1 Å². The lowest BCUT2D eigenvalue weighted by Crippen LogP contribution is -2.12. The van der Waals surface area contributed by atoms with Crippen LogP contribution in [-0.2, 0) is 0 Å². The normalized spacial score (nSPS) is 12.7. The van der Waals surface area contributed by atoms with Crippen LogP contribution in [0.15, 0.2) is 24.3 Å². The molecule has 1 aromatic carbocycles. The van der Waals surface area contributed by atoms with E-state index in [-0.39, 0.29) is 5.92 Å². The molecule has 0 aliphatic heterocycles. The Bertz CT molecular complexity index is 537. The van der Waals surface area contributed by atoms with Crippen molar-refractivity contribution in [2.75, 3.05) is 13.7 Å². The van der Waals surface area contributed by atoms with Crippen LogP contribution in [-0.4, -0.2) is 18.6 Å². The molecule has 0 aliphatic rings. The molecule has 1 unspecified atom stereocenters. The number of para-hydroxylation sites is 1. The minimum absolute atomic E-state index is 0.268. The van der Waals surface area contributed by atoms with Gasteiger partial charge < -0.3 is 10.5 Å². The van der Waals surface area contributed by atoms with Crippen molar-refractivity contribution in [3.05, 3.63) is 35.5 Å².